The summed E-state index contributed by atoms with van der Waals surface area (Å²) >= 11 is 1.68. The fourth-order valence-corrected chi connectivity index (χ4v) is 4.57. The maximum absolute atomic E-state index is 12.7. The topological polar surface area (TPSA) is 77.6 Å². The van der Waals surface area contributed by atoms with E-state index in [1.165, 1.54) is 4.90 Å². The molecule has 23 heavy (non-hydrogen) atoms. The SMILES string of the molecule is N#Cc1c(CN2C(=O)N[C@@]3(CCSC3)C2=O)cn2ccccc12. The highest BCUT2D eigenvalue weighted by Gasteiger charge is 2.52. The van der Waals surface area contributed by atoms with Gasteiger partial charge in [-0.2, -0.15) is 17.0 Å². The van der Waals surface area contributed by atoms with Crippen molar-refractivity contribution < 1.29 is 9.59 Å². The van der Waals surface area contributed by atoms with E-state index in [1.807, 2.05) is 35.0 Å². The van der Waals surface area contributed by atoms with E-state index >= 15 is 0 Å². The first-order chi connectivity index (χ1) is 11.1. The second-order valence-corrected chi connectivity index (χ2v) is 6.95. The molecule has 2 aliphatic heterocycles. The Kier molecular flexibility index (Phi) is 3.10. The van der Waals surface area contributed by atoms with E-state index in [9.17, 15) is 14.9 Å². The molecule has 2 saturated heterocycles. The van der Waals surface area contributed by atoms with E-state index in [0.717, 1.165) is 11.3 Å². The molecule has 0 aliphatic carbocycles. The zero-order valence-electron chi connectivity index (χ0n) is 12.3. The van der Waals surface area contributed by atoms with E-state index in [2.05, 4.69) is 11.4 Å². The van der Waals surface area contributed by atoms with Crippen molar-refractivity contribution in [2.45, 2.75) is 18.5 Å². The highest BCUT2D eigenvalue weighted by molar-refractivity contribution is 7.99. The predicted octanol–water partition coefficient (Wildman–Crippen LogP) is 1.74. The smallest absolute Gasteiger partial charge is 0.322 e. The van der Waals surface area contributed by atoms with Crippen LogP contribution in [0.5, 0.6) is 0 Å². The number of hydrogen-bond acceptors (Lipinski definition) is 4. The van der Waals surface area contributed by atoms with E-state index in [1.54, 1.807) is 11.8 Å². The van der Waals surface area contributed by atoms with E-state index < -0.39 is 5.54 Å². The lowest BCUT2D eigenvalue weighted by Crippen LogP contribution is -2.46. The Morgan fingerprint density at radius 3 is 3.00 bits per heavy atom. The van der Waals surface area contributed by atoms with Gasteiger partial charge in [-0.1, -0.05) is 6.07 Å². The molecular formula is C16H14N4O2S. The molecule has 0 radical (unpaired) electrons. The lowest BCUT2D eigenvalue weighted by molar-refractivity contribution is -0.130. The summed E-state index contributed by atoms with van der Waals surface area (Å²) in [6.07, 6.45) is 4.32. The van der Waals surface area contributed by atoms with Gasteiger partial charge in [0.1, 0.15) is 11.6 Å². The molecule has 1 spiro atoms. The van der Waals surface area contributed by atoms with Crippen LogP contribution in [0.25, 0.3) is 5.52 Å². The number of nitriles is 1. The number of fused-ring (bicyclic) bond motifs is 1. The van der Waals surface area contributed by atoms with Crippen LogP contribution in [0.15, 0.2) is 30.6 Å². The Morgan fingerprint density at radius 2 is 2.26 bits per heavy atom. The molecule has 6 nitrogen and oxygen atoms in total. The zero-order chi connectivity index (χ0) is 16.0. The second-order valence-electron chi connectivity index (χ2n) is 5.84. The molecule has 116 valence electrons. The van der Waals surface area contributed by atoms with Crippen LogP contribution in [0, 0.1) is 11.3 Å². The summed E-state index contributed by atoms with van der Waals surface area (Å²) in [5.41, 5.74) is 1.23. The zero-order valence-corrected chi connectivity index (χ0v) is 13.1. The average molecular weight is 326 g/mol. The Labute approximate surface area is 137 Å². The number of thioether (sulfide) groups is 1. The van der Waals surface area contributed by atoms with Crippen LogP contribution in [0.3, 0.4) is 0 Å². The summed E-state index contributed by atoms with van der Waals surface area (Å²) in [6.45, 7) is 0.127. The predicted molar refractivity (Wildman–Crippen MR) is 85.9 cm³/mol. The third-order valence-corrected chi connectivity index (χ3v) is 5.66. The van der Waals surface area contributed by atoms with Gasteiger partial charge < -0.3 is 9.72 Å². The van der Waals surface area contributed by atoms with Crippen LogP contribution >= 0.6 is 11.8 Å². The number of amides is 3. The lowest BCUT2D eigenvalue weighted by Gasteiger charge is -2.19. The minimum Gasteiger partial charge on any atom is -0.322 e. The molecule has 7 heteroatoms. The van der Waals surface area contributed by atoms with Gasteiger partial charge >= 0.3 is 6.03 Å². The van der Waals surface area contributed by atoms with Crippen molar-refractivity contribution in [3.63, 3.8) is 0 Å². The van der Waals surface area contributed by atoms with E-state index in [4.69, 9.17) is 0 Å². The number of carbonyl (C=O) groups is 2. The van der Waals surface area contributed by atoms with Crippen molar-refractivity contribution >= 4 is 29.2 Å². The molecule has 2 aliphatic rings. The summed E-state index contributed by atoms with van der Waals surface area (Å²) in [7, 11) is 0. The molecule has 1 N–H and O–H groups in total. The van der Waals surface area contributed by atoms with Crippen LogP contribution in [0.1, 0.15) is 17.5 Å². The third kappa shape index (κ3) is 2.02. The maximum atomic E-state index is 12.7. The summed E-state index contributed by atoms with van der Waals surface area (Å²) < 4.78 is 1.84. The van der Waals surface area contributed by atoms with Gasteiger partial charge in [0.25, 0.3) is 5.91 Å². The van der Waals surface area contributed by atoms with Gasteiger partial charge in [-0.05, 0) is 24.3 Å². The number of hydrogen-bond donors (Lipinski definition) is 1. The normalized spacial score (nSPS) is 23.7. The Morgan fingerprint density at radius 1 is 1.39 bits per heavy atom. The van der Waals surface area contributed by atoms with Gasteiger partial charge in [0.2, 0.25) is 0 Å². The fourth-order valence-electron chi connectivity index (χ4n) is 3.25. The number of pyridine rings is 1. The Balaban J connectivity index is 1.70. The number of nitrogens with zero attached hydrogens (tertiary/aromatic N) is 3. The fraction of sp³-hybridized carbons (Fsp3) is 0.312. The first-order valence-electron chi connectivity index (χ1n) is 7.35. The van der Waals surface area contributed by atoms with Crippen molar-refractivity contribution in [3.8, 4) is 6.07 Å². The van der Waals surface area contributed by atoms with Gasteiger partial charge in [0.15, 0.2) is 0 Å². The first-order valence-corrected chi connectivity index (χ1v) is 8.51. The van der Waals surface area contributed by atoms with Crippen molar-refractivity contribution in [1.29, 1.82) is 5.26 Å². The van der Waals surface area contributed by atoms with E-state index in [-0.39, 0.29) is 18.5 Å². The molecule has 3 amide bonds. The summed E-state index contributed by atoms with van der Waals surface area (Å²) in [4.78, 5) is 26.2. The molecule has 1 atom stereocenters. The monoisotopic (exact) mass is 326 g/mol. The van der Waals surface area contributed by atoms with Gasteiger partial charge in [0.05, 0.1) is 17.6 Å². The van der Waals surface area contributed by atoms with Crippen molar-refractivity contribution in [2.24, 2.45) is 0 Å². The van der Waals surface area contributed by atoms with Crippen LogP contribution in [-0.2, 0) is 11.3 Å². The maximum Gasteiger partial charge on any atom is 0.325 e. The largest absolute Gasteiger partial charge is 0.325 e. The number of carbonyl (C=O) groups excluding carboxylic acids is 2. The Hall–Kier alpha value is -2.46. The number of urea groups is 1. The molecule has 4 rings (SSSR count). The molecule has 0 unspecified atom stereocenters. The van der Waals surface area contributed by atoms with Gasteiger partial charge in [-0.15, -0.1) is 0 Å². The van der Waals surface area contributed by atoms with Crippen LogP contribution in [-0.4, -0.2) is 38.3 Å². The molecule has 2 aromatic heterocycles. The standard InChI is InChI=1S/C16H14N4O2S/c17-7-12-11(8-19-5-2-1-3-13(12)19)9-20-14(21)16(18-15(20)22)4-6-23-10-16/h1-3,5,8H,4,6,9-10H2,(H,18,22)/t16-/m1/s1. The van der Waals surface area contributed by atoms with Crippen molar-refractivity contribution in [3.05, 3.63) is 41.7 Å². The molecule has 2 fully saturated rings. The summed E-state index contributed by atoms with van der Waals surface area (Å²) in [5, 5.41) is 12.3. The van der Waals surface area contributed by atoms with Crippen LogP contribution < -0.4 is 5.32 Å². The van der Waals surface area contributed by atoms with E-state index in [0.29, 0.717) is 23.3 Å². The van der Waals surface area contributed by atoms with Crippen LogP contribution in [0.4, 0.5) is 4.79 Å². The quantitative estimate of drug-likeness (QED) is 0.853. The molecule has 4 heterocycles. The van der Waals surface area contributed by atoms with Crippen LogP contribution in [0.2, 0.25) is 0 Å². The molecule has 0 saturated carbocycles. The molecule has 0 aromatic carbocycles. The molecular weight excluding hydrogens is 312 g/mol. The minimum absolute atomic E-state index is 0.127. The van der Waals surface area contributed by atoms with Gasteiger partial charge in [-0.25, -0.2) is 4.79 Å². The highest BCUT2D eigenvalue weighted by atomic mass is 32.2. The minimum atomic E-state index is -0.742. The highest BCUT2D eigenvalue weighted by Crippen LogP contribution is 2.34. The second kappa shape index (κ2) is 5.03. The number of rotatable bonds is 2. The van der Waals surface area contributed by atoms with Gasteiger partial charge in [0, 0.05) is 23.7 Å². The molecule has 0 bridgehead atoms. The summed E-state index contributed by atoms with van der Waals surface area (Å²) in [6, 6.07) is 7.41. The Bertz CT molecular complexity index is 861. The van der Waals surface area contributed by atoms with Crippen molar-refractivity contribution in [2.75, 3.05) is 11.5 Å². The first kappa shape index (κ1) is 14.2. The number of imide groups is 1. The van der Waals surface area contributed by atoms with Gasteiger partial charge in [-0.3, -0.25) is 9.69 Å². The average Bonchev–Trinajstić information content (AvgIpc) is 3.21. The summed E-state index contributed by atoms with van der Waals surface area (Å²) in [5.74, 6) is 1.32. The van der Waals surface area contributed by atoms with Crippen molar-refractivity contribution in [1.82, 2.24) is 14.6 Å². The lowest BCUT2D eigenvalue weighted by atomic mass is 9.99. The third-order valence-electron chi connectivity index (χ3n) is 4.47. The number of nitrogens with one attached hydrogen (secondary N) is 1. The molecule has 2 aromatic rings. The number of aromatic nitrogens is 1.